The van der Waals surface area contributed by atoms with E-state index < -0.39 is 34.8 Å². The van der Waals surface area contributed by atoms with Crippen molar-refractivity contribution in [2.45, 2.75) is 26.1 Å². The molecule has 0 bridgehead atoms. The molecule has 11 nitrogen and oxygen atoms in total. The summed E-state index contributed by atoms with van der Waals surface area (Å²) in [6.07, 6.45) is -1.64. The van der Waals surface area contributed by atoms with E-state index in [1.165, 1.54) is 54.4 Å². The van der Waals surface area contributed by atoms with Gasteiger partial charge in [-0.2, -0.15) is 18.3 Å². The first-order valence-corrected chi connectivity index (χ1v) is 12.0. The van der Waals surface area contributed by atoms with E-state index >= 15 is 4.39 Å². The maximum atomic E-state index is 15.0. The minimum Gasteiger partial charge on any atom is -0.495 e. The molecule has 0 aliphatic rings. The number of methoxy groups -OCH3 is 1. The number of nitrogens with zero attached hydrogens (tertiary/aromatic N) is 5. The number of halogens is 4. The number of hydrogen-bond donors (Lipinski definition) is 2. The van der Waals surface area contributed by atoms with E-state index in [0.717, 1.165) is 12.3 Å². The van der Waals surface area contributed by atoms with Gasteiger partial charge in [0.2, 0.25) is 0 Å². The van der Waals surface area contributed by atoms with Crippen LogP contribution in [0.25, 0.3) is 17.0 Å². The van der Waals surface area contributed by atoms with Crippen LogP contribution < -0.4 is 20.5 Å². The molecule has 0 radical (unpaired) electrons. The van der Waals surface area contributed by atoms with Crippen LogP contribution in [-0.2, 0) is 6.18 Å². The van der Waals surface area contributed by atoms with Crippen molar-refractivity contribution < 1.29 is 31.8 Å². The van der Waals surface area contributed by atoms with Crippen molar-refractivity contribution in [3.63, 3.8) is 0 Å². The number of nitrogens with one attached hydrogen (secondary N) is 2. The molecule has 0 saturated heterocycles. The lowest BCUT2D eigenvalue weighted by Gasteiger charge is -2.14. The number of pyridine rings is 2. The molecule has 15 heteroatoms. The zero-order valence-electron chi connectivity index (χ0n) is 21.7. The number of aromatic nitrogens is 6. The standard InChI is InChI=1S/C26H21F4N7O4/c1-13(2)36-21-19(8-9-31-23(21)35-25(36)39)41-18-6-4-14(10-17(18)27)34-24(38)16-12-33-37(22(16)26(28,29)30)20-7-5-15(40-3)11-32-20/h4-13H,1-3H3,(H,34,38)(H,31,35,39). The molecule has 1 amide bonds. The predicted octanol–water partition coefficient (Wildman–Crippen LogP) is 5.10. The maximum absolute atomic E-state index is 15.0. The minimum absolute atomic E-state index is 0.135. The Balaban J connectivity index is 1.42. The summed E-state index contributed by atoms with van der Waals surface area (Å²) in [6.45, 7) is 3.57. The quantitative estimate of drug-likeness (QED) is 0.260. The molecule has 0 spiro atoms. The molecular weight excluding hydrogens is 550 g/mol. The smallest absolute Gasteiger partial charge is 0.434 e. The Kier molecular flexibility index (Phi) is 6.94. The number of rotatable bonds is 7. The van der Waals surface area contributed by atoms with Crippen molar-refractivity contribution in [3.05, 3.63) is 82.5 Å². The van der Waals surface area contributed by atoms with E-state index in [1.807, 2.05) is 0 Å². The Morgan fingerprint density at radius 3 is 2.49 bits per heavy atom. The van der Waals surface area contributed by atoms with E-state index in [0.29, 0.717) is 15.9 Å². The first kappa shape index (κ1) is 27.4. The van der Waals surface area contributed by atoms with Crippen LogP contribution in [0.15, 0.2) is 59.8 Å². The molecule has 4 aromatic heterocycles. The van der Waals surface area contributed by atoms with Crippen LogP contribution in [0.4, 0.5) is 23.2 Å². The monoisotopic (exact) mass is 571 g/mol. The molecule has 5 aromatic rings. The van der Waals surface area contributed by atoms with Crippen molar-refractivity contribution >= 4 is 22.8 Å². The van der Waals surface area contributed by atoms with Gasteiger partial charge in [-0.25, -0.2) is 23.8 Å². The molecule has 0 unspecified atom stereocenters. The van der Waals surface area contributed by atoms with E-state index in [-0.39, 0.29) is 34.7 Å². The third kappa shape index (κ3) is 5.20. The van der Waals surface area contributed by atoms with Crippen molar-refractivity contribution in [1.29, 1.82) is 0 Å². The number of amides is 1. The Labute approximate surface area is 228 Å². The number of hydrogen-bond acceptors (Lipinski definition) is 7. The summed E-state index contributed by atoms with van der Waals surface area (Å²) in [5, 5.41) is 5.96. The lowest BCUT2D eigenvalue weighted by Crippen LogP contribution is -2.21. The summed E-state index contributed by atoms with van der Waals surface area (Å²) in [5.74, 6) is -2.08. The summed E-state index contributed by atoms with van der Waals surface area (Å²) in [7, 11) is 1.38. The first-order valence-electron chi connectivity index (χ1n) is 12.0. The molecule has 4 heterocycles. The number of carbonyl (C=O) groups is 1. The second-order valence-corrected chi connectivity index (χ2v) is 8.97. The lowest BCUT2D eigenvalue weighted by atomic mass is 10.2. The number of H-pyrrole nitrogens is 1. The van der Waals surface area contributed by atoms with Crippen LogP contribution in [0.2, 0.25) is 0 Å². The summed E-state index contributed by atoms with van der Waals surface area (Å²) in [4.78, 5) is 35.8. The average Bonchev–Trinajstić information content (AvgIpc) is 3.52. The Morgan fingerprint density at radius 2 is 1.85 bits per heavy atom. The Morgan fingerprint density at radius 1 is 1.07 bits per heavy atom. The highest BCUT2D eigenvalue weighted by Gasteiger charge is 2.41. The SMILES string of the molecule is COc1ccc(-n2ncc(C(=O)Nc3ccc(Oc4ccnc5[nH]c(=O)n(C(C)C)c45)c(F)c3)c2C(F)(F)F)nc1. The summed E-state index contributed by atoms with van der Waals surface area (Å²) in [5.41, 5.74) is -2.14. The lowest BCUT2D eigenvalue weighted by molar-refractivity contribution is -0.143. The van der Waals surface area contributed by atoms with Crippen molar-refractivity contribution in [3.8, 4) is 23.1 Å². The molecular formula is C26H21F4N7O4. The summed E-state index contributed by atoms with van der Waals surface area (Å²) < 4.78 is 69.6. The highest BCUT2D eigenvalue weighted by atomic mass is 19.4. The number of anilines is 1. The van der Waals surface area contributed by atoms with Gasteiger partial charge < -0.3 is 14.8 Å². The van der Waals surface area contributed by atoms with Crippen molar-refractivity contribution in [1.82, 2.24) is 29.3 Å². The normalized spacial score (nSPS) is 11.7. The molecule has 0 aliphatic heterocycles. The van der Waals surface area contributed by atoms with Crippen LogP contribution in [0.5, 0.6) is 17.2 Å². The third-order valence-corrected chi connectivity index (χ3v) is 5.95. The van der Waals surface area contributed by atoms with Gasteiger partial charge in [0, 0.05) is 30.1 Å². The zero-order valence-corrected chi connectivity index (χ0v) is 21.7. The highest BCUT2D eigenvalue weighted by molar-refractivity contribution is 6.05. The third-order valence-electron chi connectivity index (χ3n) is 5.95. The van der Waals surface area contributed by atoms with Crippen molar-refractivity contribution in [2.75, 3.05) is 12.4 Å². The molecule has 0 fully saturated rings. The van der Waals surface area contributed by atoms with Crippen LogP contribution in [0, 0.1) is 5.82 Å². The first-order chi connectivity index (χ1) is 19.5. The van der Waals surface area contributed by atoms with Gasteiger partial charge in [0.25, 0.3) is 5.91 Å². The largest absolute Gasteiger partial charge is 0.495 e. The second kappa shape index (κ2) is 10.4. The molecule has 0 aliphatic carbocycles. The summed E-state index contributed by atoms with van der Waals surface area (Å²) >= 11 is 0. The van der Waals surface area contributed by atoms with E-state index in [4.69, 9.17) is 9.47 Å². The van der Waals surface area contributed by atoms with Crippen LogP contribution in [-0.4, -0.2) is 42.3 Å². The predicted molar refractivity (Wildman–Crippen MR) is 138 cm³/mol. The molecule has 5 rings (SSSR count). The number of benzene rings is 1. The Hall–Kier alpha value is -5.21. The number of fused-ring (bicyclic) bond motifs is 1. The molecule has 41 heavy (non-hydrogen) atoms. The van der Waals surface area contributed by atoms with E-state index in [1.54, 1.807) is 13.8 Å². The van der Waals surface area contributed by atoms with Crippen LogP contribution in [0.3, 0.4) is 0 Å². The van der Waals surface area contributed by atoms with Crippen molar-refractivity contribution in [2.24, 2.45) is 0 Å². The fourth-order valence-electron chi connectivity index (χ4n) is 4.16. The topological polar surface area (TPSA) is 129 Å². The van der Waals surface area contributed by atoms with E-state index in [2.05, 4.69) is 25.4 Å². The Bertz CT molecular complexity index is 1810. The number of imidazole rings is 1. The molecule has 0 saturated carbocycles. The van der Waals surface area contributed by atoms with Gasteiger partial charge in [0.15, 0.2) is 34.5 Å². The van der Waals surface area contributed by atoms with Crippen LogP contribution in [0.1, 0.15) is 35.9 Å². The number of alkyl halides is 3. The van der Waals surface area contributed by atoms with Gasteiger partial charge >= 0.3 is 11.9 Å². The number of carbonyl (C=O) groups excluding carboxylic acids is 1. The van der Waals surface area contributed by atoms with E-state index in [9.17, 15) is 22.8 Å². The summed E-state index contributed by atoms with van der Waals surface area (Å²) in [6, 6.07) is 7.18. The zero-order chi connectivity index (χ0) is 29.5. The van der Waals surface area contributed by atoms with Gasteiger partial charge in [0.1, 0.15) is 11.3 Å². The minimum atomic E-state index is -4.97. The number of ether oxygens (including phenoxy) is 2. The molecule has 0 atom stereocenters. The highest BCUT2D eigenvalue weighted by Crippen LogP contribution is 2.35. The molecule has 212 valence electrons. The maximum Gasteiger partial charge on any atom is 0.434 e. The van der Waals surface area contributed by atoms with Gasteiger partial charge in [-0.05, 0) is 38.1 Å². The fraction of sp³-hybridized carbons (Fsp3) is 0.192. The van der Waals surface area contributed by atoms with Gasteiger partial charge in [-0.15, -0.1) is 0 Å². The average molecular weight is 571 g/mol. The van der Waals surface area contributed by atoms with Gasteiger partial charge in [0.05, 0.1) is 25.1 Å². The number of aromatic amines is 1. The van der Waals surface area contributed by atoms with Gasteiger partial charge in [-0.3, -0.25) is 14.3 Å². The molecule has 2 N–H and O–H groups in total. The molecule has 1 aromatic carbocycles. The second-order valence-electron chi connectivity index (χ2n) is 8.97. The van der Waals surface area contributed by atoms with Crippen LogP contribution >= 0.6 is 0 Å². The fourth-order valence-corrected chi connectivity index (χ4v) is 4.16. The van der Waals surface area contributed by atoms with Gasteiger partial charge in [-0.1, -0.05) is 0 Å².